The fourth-order valence-electron chi connectivity index (χ4n) is 0.476. The maximum atomic E-state index is 10.6. The molecule has 0 amide bonds. The van der Waals surface area contributed by atoms with E-state index >= 15 is 0 Å². The number of carbonyl (C=O) groups excluding carboxylic acids is 1. The normalized spacial score (nSPS) is 12.5. The van der Waals surface area contributed by atoms with Crippen LogP contribution in [0.5, 0.6) is 0 Å². The molecule has 1 rings (SSSR count). The number of hydrogen-bond donors (Lipinski definition) is 1. The summed E-state index contributed by atoms with van der Waals surface area (Å²) in [5.74, 6) is -0.976. The maximum absolute atomic E-state index is 10.6. The molecule has 0 aliphatic rings. The first kappa shape index (κ1) is 7.89. The van der Waals surface area contributed by atoms with Crippen molar-refractivity contribution in [3.05, 3.63) is 18.0 Å². The molecular formula is C4H3N2O4S-. The fraction of sp³-hybridized carbons (Fsp3) is 0. The Hall–Kier alpha value is -1.21. The third kappa shape index (κ3) is 2.13. The number of nitrogens with zero attached hydrogens (tertiary/aromatic N) is 1. The molecule has 0 saturated carbocycles. The van der Waals surface area contributed by atoms with E-state index in [2.05, 4.69) is 14.4 Å². The molecule has 1 aromatic heterocycles. The van der Waals surface area contributed by atoms with Crippen molar-refractivity contribution in [2.24, 2.45) is 0 Å². The summed E-state index contributed by atoms with van der Waals surface area (Å²) in [6.45, 7) is 0. The zero-order chi connectivity index (χ0) is 8.27. The van der Waals surface area contributed by atoms with Gasteiger partial charge < -0.3 is 8.74 Å². The van der Waals surface area contributed by atoms with Crippen LogP contribution >= 0.6 is 0 Å². The molecule has 1 heterocycles. The van der Waals surface area contributed by atoms with Crippen LogP contribution in [0.1, 0.15) is 10.5 Å². The van der Waals surface area contributed by atoms with Crippen molar-refractivity contribution in [3.8, 4) is 0 Å². The van der Waals surface area contributed by atoms with E-state index in [0.29, 0.717) is 0 Å². The first-order valence-electron chi connectivity index (χ1n) is 2.51. The molecule has 1 N–H and O–H groups in total. The van der Waals surface area contributed by atoms with Crippen LogP contribution in [0.15, 0.2) is 12.3 Å². The molecule has 0 aromatic carbocycles. The van der Waals surface area contributed by atoms with Crippen molar-refractivity contribution < 1.29 is 17.7 Å². The Labute approximate surface area is 64.1 Å². The Kier molecular flexibility index (Phi) is 2.34. The van der Waals surface area contributed by atoms with E-state index in [9.17, 15) is 13.6 Å². The van der Waals surface area contributed by atoms with Crippen LogP contribution in [0, 0.1) is 0 Å². The molecule has 0 spiro atoms. The van der Waals surface area contributed by atoms with Crippen molar-refractivity contribution in [1.29, 1.82) is 0 Å². The zero-order valence-corrected chi connectivity index (χ0v) is 5.96. The van der Waals surface area contributed by atoms with Crippen molar-refractivity contribution in [2.45, 2.75) is 0 Å². The van der Waals surface area contributed by atoms with Gasteiger partial charge in [-0.15, -0.1) is 0 Å². The summed E-state index contributed by atoms with van der Waals surface area (Å²) in [6, 6.07) is 1.30. The van der Waals surface area contributed by atoms with Gasteiger partial charge in [0.2, 0.25) is 0 Å². The van der Waals surface area contributed by atoms with E-state index in [4.69, 9.17) is 0 Å². The molecule has 1 aromatic rings. The Balaban J connectivity index is 2.64. The Bertz CT molecular complexity index is 270. The van der Waals surface area contributed by atoms with Gasteiger partial charge >= 0.3 is 5.97 Å². The molecule has 1 unspecified atom stereocenters. The van der Waals surface area contributed by atoms with E-state index < -0.39 is 17.3 Å². The molecular weight excluding hydrogens is 172 g/mol. The van der Waals surface area contributed by atoms with E-state index in [1.807, 2.05) is 0 Å². The van der Waals surface area contributed by atoms with Gasteiger partial charge in [0.15, 0.2) is 0 Å². The van der Waals surface area contributed by atoms with Crippen molar-refractivity contribution >= 4 is 17.3 Å². The molecule has 1 atom stereocenters. The smallest absolute Gasteiger partial charge is 0.369 e. The highest BCUT2D eigenvalue weighted by Crippen LogP contribution is 1.95. The van der Waals surface area contributed by atoms with Gasteiger partial charge in [0, 0.05) is 6.20 Å². The van der Waals surface area contributed by atoms with E-state index in [-0.39, 0.29) is 5.69 Å². The monoisotopic (exact) mass is 175 g/mol. The van der Waals surface area contributed by atoms with Gasteiger partial charge in [-0.25, -0.2) is 9.00 Å². The highest BCUT2D eigenvalue weighted by molar-refractivity contribution is 7.74. The Morgan fingerprint density at radius 2 is 2.55 bits per heavy atom. The van der Waals surface area contributed by atoms with E-state index in [1.165, 1.54) is 12.3 Å². The number of H-pyrrole nitrogens is 1. The highest BCUT2D eigenvalue weighted by atomic mass is 32.2. The van der Waals surface area contributed by atoms with Crippen LogP contribution in [0.3, 0.4) is 0 Å². The summed E-state index contributed by atoms with van der Waals surface area (Å²) < 4.78 is 23.5. The number of aromatic amines is 1. The first-order chi connectivity index (χ1) is 5.20. The largest absolute Gasteiger partial charge is 0.740 e. The second kappa shape index (κ2) is 3.26. The number of rotatable bonds is 2. The summed E-state index contributed by atoms with van der Waals surface area (Å²) in [7, 11) is 0. The second-order valence-corrected chi connectivity index (χ2v) is 2.12. The quantitative estimate of drug-likeness (QED) is 0.603. The lowest BCUT2D eigenvalue weighted by atomic mass is 10.5. The second-order valence-electron chi connectivity index (χ2n) is 1.55. The molecule has 7 heteroatoms. The standard InChI is InChI=1S/C4H4N2O4S/c7-4(10-11(8)9)3-1-2-5-6-3/h1-2H,(H,5,6)(H,8,9)/p-1. The zero-order valence-electron chi connectivity index (χ0n) is 5.14. The number of aromatic nitrogens is 2. The van der Waals surface area contributed by atoms with Crippen molar-refractivity contribution in [1.82, 2.24) is 10.2 Å². The van der Waals surface area contributed by atoms with Crippen LogP contribution in [0.2, 0.25) is 0 Å². The lowest BCUT2D eigenvalue weighted by molar-refractivity contribution is 0.0735. The van der Waals surface area contributed by atoms with Gasteiger partial charge in [-0.2, -0.15) is 5.10 Å². The number of nitrogens with one attached hydrogen (secondary N) is 1. The number of hydrogen-bond acceptors (Lipinski definition) is 5. The summed E-state index contributed by atoms with van der Waals surface area (Å²) in [5, 5.41) is 5.67. The predicted octanol–water partition coefficient (Wildman–Crippen LogP) is -0.639. The van der Waals surface area contributed by atoms with Crippen LogP contribution < -0.4 is 0 Å². The van der Waals surface area contributed by atoms with E-state index in [1.54, 1.807) is 0 Å². The van der Waals surface area contributed by atoms with Crippen LogP contribution in [-0.4, -0.2) is 24.9 Å². The molecule has 0 aliphatic heterocycles. The first-order valence-corrected chi connectivity index (χ1v) is 3.51. The molecule has 0 aliphatic carbocycles. The SMILES string of the molecule is O=C(OS(=O)[O-])c1ccn[nH]1. The van der Waals surface area contributed by atoms with Crippen molar-refractivity contribution in [3.63, 3.8) is 0 Å². The molecule has 6 nitrogen and oxygen atoms in total. The third-order valence-corrected chi connectivity index (χ3v) is 1.15. The van der Waals surface area contributed by atoms with Crippen molar-refractivity contribution in [2.75, 3.05) is 0 Å². The molecule has 0 fully saturated rings. The summed E-state index contributed by atoms with van der Waals surface area (Å²) in [4.78, 5) is 10.6. The fourth-order valence-corrected chi connectivity index (χ4v) is 0.690. The highest BCUT2D eigenvalue weighted by Gasteiger charge is 2.07. The summed E-state index contributed by atoms with van der Waals surface area (Å²) in [6.07, 6.45) is 1.31. The average Bonchev–Trinajstić information content (AvgIpc) is 2.35. The minimum Gasteiger partial charge on any atom is -0.740 e. The molecule has 0 saturated heterocycles. The van der Waals surface area contributed by atoms with Gasteiger partial charge in [0.25, 0.3) is 0 Å². The lowest BCUT2D eigenvalue weighted by Gasteiger charge is -2.02. The number of carbonyl (C=O) groups is 1. The molecule has 0 bridgehead atoms. The van der Waals surface area contributed by atoms with Gasteiger partial charge in [0.05, 0.1) is 0 Å². The third-order valence-electron chi connectivity index (χ3n) is 0.864. The summed E-state index contributed by atoms with van der Waals surface area (Å²) >= 11 is -2.83. The molecule has 0 radical (unpaired) electrons. The van der Waals surface area contributed by atoms with Crippen LogP contribution in [0.4, 0.5) is 0 Å². The van der Waals surface area contributed by atoms with Gasteiger partial charge in [-0.1, -0.05) is 0 Å². The lowest BCUT2D eigenvalue weighted by Crippen LogP contribution is -2.07. The summed E-state index contributed by atoms with van der Waals surface area (Å²) in [5.41, 5.74) is -0.00537. The van der Waals surface area contributed by atoms with Gasteiger partial charge in [0.1, 0.15) is 17.1 Å². The Morgan fingerprint density at radius 1 is 1.82 bits per heavy atom. The van der Waals surface area contributed by atoms with E-state index in [0.717, 1.165) is 0 Å². The van der Waals surface area contributed by atoms with Crippen LogP contribution in [0.25, 0.3) is 0 Å². The average molecular weight is 175 g/mol. The van der Waals surface area contributed by atoms with Crippen LogP contribution in [-0.2, 0) is 15.5 Å². The molecule has 11 heavy (non-hydrogen) atoms. The van der Waals surface area contributed by atoms with Gasteiger partial charge in [-0.3, -0.25) is 5.10 Å². The Morgan fingerprint density at radius 3 is 3.00 bits per heavy atom. The minimum atomic E-state index is -2.83. The minimum absolute atomic E-state index is 0.00537. The maximum Gasteiger partial charge on any atom is 0.369 e. The molecule has 60 valence electrons. The topological polar surface area (TPSA) is 95.1 Å². The predicted molar refractivity (Wildman–Crippen MR) is 32.9 cm³/mol. The van der Waals surface area contributed by atoms with Gasteiger partial charge in [-0.05, 0) is 6.07 Å².